The van der Waals surface area contributed by atoms with Crippen molar-refractivity contribution in [2.24, 2.45) is 0 Å². The van der Waals surface area contributed by atoms with Gasteiger partial charge in [-0.1, -0.05) is 69.3 Å². The normalized spacial score (nSPS) is 27.6. The zero-order valence-corrected chi connectivity index (χ0v) is 35.1. The molecule has 49 heavy (non-hydrogen) atoms. The second-order valence-electron chi connectivity index (χ2n) is 15.6. The van der Waals surface area contributed by atoms with Gasteiger partial charge in [0.1, 0.15) is 0 Å². The van der Waals surface area contributed by atoms with Crippen LogP contribution in [0.1, 0.15) is 123 Å². The lowest BCUT2D eigenvalue weighted by atomic mass is 9.90. The Kier molecular flexibility index (Phi) is 14.5. The predicted molar refractivity (Wildman–Crippen MR) is 205 cm³/mol. The molecule has 10 heteroatoms. The third-order valence-corrected chi connectivity index (χ3v) is 17.1. The van der Waals surface area contributed by atoms with Crippen LogP contribution < -0.4 is 0 Å². The fourth-order valence-electron chi connectivity index (χ4n) is 7.66. The highest BCUT2D eigenvalue weighted by atomic mass is 35.5. The van der Waals surface area contributed by atoms with E-state index in [0.29, 0.717) is 30.3 Å². The molecular weight excluding hydrogens is 692 g/mol. The molecule has 0 aromatic heterocycles. The molecule has 276 valence electrons. The summed E-state index contributed by atoms with van der Waals surface area (Å²) in [6.07, 6.45) is 6.74. The minimum absolute atomic E-state index is 0.0471. The Morgan fingerprint density at radius 1 is 0.796 bits per heavy atom. The van der Waals surface area contributed by atoms with Crippen molar-refractivity contribution in [2.45, 2.75) is 173 Å². The Hall–Kier alpha value is -0.786. The van der Waals surface area contributed by atoms with Crippen molar-refractivity contribution in [1.29, 1.82) is 0 Å². The first kappa shape index (κ1) is 41.0. The second-order valence-corrected chi connectivity index (χ2v) is 21.2. The number of hydrogen-bond acceptors (Lipinski definition) is 6. The first-order valence-electron chi connectivity index (χ1n) is 18.5. The molecule has 5 atom stereocenters. The van der Waals surface area contributed by atoms with Crippen LogP contribution in [0, 0.1) is 0 Å². The van der Waals surface area contributed by atoms with E-state index in [1.54, 1.807) is 0 Å². The van der Waals surface area contributed by atoms with Gasteiger partial charge in [-0.3, -0.25) is 0 Å². The number of hydrogen-bond donors (Lipinski definition) is 0. The Bertz CT molecular complexity index is 1310. The summed E-state index contributed by atoms with van der Waals surface area (Å²) in [4.78, 5) is 0. The number of alkyl halides is 2. The lowest BCUT2D eigenvalue weighted by Gasteiger charge is -2.51. The average molecular weight is 754 g/mol. The molecule has 0 spiro atoms. The van der Waals surface area contributed by atoms with Crippen LogP contribution >= 0.6 is 23.2 Å². The van der Waals surface area contributed by atoms with E-state index in [2.05, 4.69) is 111 Å². The maximum absolute atomic E-state index is 7.25. The number of aryl methyl sites for hydroxylation is 2. The monoisotopic (exact) mass is 752 g/mol. The zero-order chi connectivity index (χ0) is 35.9. The van der Waals surface area contributed by atoms with Crippen molar-refractivity contribution in [1.82, 2.24) is 0 Å². The standard InChI is InChI=1S/C39H62Cl2O6Si2/c1-10-36-27-39(11-2,12-3)47-49(44-36,24-22-33-15-19-35(29-41)20-16-33)46-38(8,9)26-31(5)43-48(42-30(4)25-37(6,7)45-48)23-21-32-13-17-34(28-40)18-14-32/h13-20,30-31,36H,10-12,21-29H2,1-9H3. The predicted octanol–water partition coefficient (Wildman–Crippen LogP) is 10.8. The molecule has 0 saturated carbocycles. The van der Waals surface area contributed by atoms with Gasteiger partial charge >= 0.3 is 17.6 Å². The van der Waals surface area contributed by atoms with Gasteiger partial charge in [-0.15, -0.1) is 23.2 Å². The van der Waals surface area contributed by atoms with E-state index in [1.807, 2.05) is 0 Å². The minimum Gasteiger partial charge on any atom is -0.371 e. The summed E-state index contributed by atoms with van der Waals surface area (Å²) < 4.78 is 41.9. The third-order valence-electron chi connectivity index (χ3n) is 10.0. The Balaban J connectivity index is 1.55. The summed E-state index contributed by atoms with van der Waals surface area (Å²) in [6.45, 7) is 19.5. The molecule has 5 unspecified atom stereocenters. The molecule has 0 amide bonds. The lowest BCUT2D eigenvalue weighted by Crippen LogP contribution is -2.63. The molecule has 2 aliphatic rings. The van der Waals surface area contributed by atoms with Crippen LogP contribution in [0.5, 0.6) is 0 Å². The van der Waals surface area contributed by atoms with Crippen molar-refractivity contribution < 1.29 is 26.6 Å². The van der Waals surface area contributed by atoms with Crippen molar-refractivity contribution in [3.8, 4) is 0 Å². The highest BCUT2D eigenvalue weighted by Crippen LogP contribution is 2.43. The topological polar surface area (TPSA) is 55.4 Å². The van der Waals surface area contributed by atoms with Gasteiger partial charge < -0.3 is 26.6 Å². The summed E-state index contributed by atoms with van der Waals surface area (Å²) in [5.74, 6) is 1.02. The smallest absolute Gasteiger partial charge is 0.371 e. The van der Waals surface area contributed by atoms with Crippen LogP contribution in [0.2, 0.25) is 12.1 Å². The van der Waals surface area contributed by atoms with E-state index in [0.717, 1.165) is 56.1 Å². The molecule has 4 rings (SSSR count). The van der Waals surface area contributed by atoms with Crippen molar-refractivity contribution in [2.75, 3.05) is 0 Å². The van der Waals surface area contributed by atoms with Gasteiger partial charge in [-0.2, -0.15) is 0 Å². The van der Waals surface area contributed by atoms with Gasteiger partial charge in [0.2, 0.25) is 0 Å². The fraction of sp³-hybridized carbons (Fsp3) is 0.692. The molecule has 2 fully saturated rings. The molecule has 2 aromatic rings. The molecule has 0 bridgehead atoms. The maximum Gasteiger partial charge on any atom is 0.502 e. The van der Waals surface area contributed by atoms with E-state index < -0.39 is 23.2 Å². The highest BCUT2D eigenvalue weighted by Gasteiger charge is 2.57. The van der Waals surface area contributed by atoms with Gasteiger partial charge in [0.15, 0.2) is 0 Å². The third kappa shape index (κ3) is 11.6. The van der Waals surface area contributed by atoms with Crippen LogP contribution in [0.4, 0.5) is 0 Å². The van der Waals surface area contributed by atoms with E-state index in [4.69, 9.17) is 49.8 Å². The quantitative estimate of drug-likeness (QED) is 0.118. The highest BCUT2D eigenvalue weighted by molar-refractivity contribution is 6.61. The fourth-order valence-corrected chi connectivity index (χ4v) is 15.2. The Labute approximate surface area is 309 Å². The first-order valence-corrected chi connectivity index (χ1v) is 23.5. The van der Waals surface area contributed by atoms with Crippen LogP contribution in [0.3, 0.4) is 0 Å². The molecule has 0 N–H and O–H groups in total. The average Bonchev–Trinajstić information content (AvgIpc) is 3.05. The minimum atomic E-state index is -3.17. The van der Waals surface area contributed by atoms with Gasteiger partial charge in [-0.05, 0) is 109 Å². The van der Waals surface area contributed by atoms with Crippen LogP contribution in [0.25, 0.3) is 0 Å². The summed E-state index contributed by atoms with van der Waals surface area (Å²) in [6, 6.07) is 18.4. The molecule has 2 aliphatic heterocycles. The number of benzene rings is 2. The summed E-state index contributed by atoms with van der Waals surface area (Å²) in [5.41, 5.74) is 3.51. The molecular formula is C39H62Cl2O6Si2. The van der Waals surface area contributed by atoms with Crippen LogP contribution in [0.15, 0.2) is 48.5 Å². The van der Waals surface area contributed by atoms with E-state index in [-0.39, 0.29) is 29.5 Å². The van der Waals surface area contributed by atoms with Gasteiger partial charge in [0, 0.05) is 42.5 Å². The molecule has 0 radical (unpaired) electrons. The Morgan fingerprint density at radius 2 is 1.31 bits per heavy atom. The zero-order valence-electron chi connectivity index (χ0n) is 31.5. The molecule has 2 saturated heterocycles. The van der Waals surface area contributed by atoms with Crippen LogP contribution in [-0.2, 0) is 51.2 Å². The van der Waals surface area contributed by atoms with E-state index >= 15 is 0 Å². The molecule has 2 aromatic carbocycles. The summed E-state index contributed by atoms with van der Waals surface area (Å²) in [5, 5.41) is 0. The van der Waals surface area contributed by atoms with Crippen molar-refractivity contribution >= 4 is 40.8 Å². The van der Waals surface area contributed by atoms with Crippen molar-refractivity contribution in [3.63, 3.8) is 0 Å². The largest absolute Gasteiger partial charge is 0.502 e. The Morgan fingerprint density at radius 3 is 1.78 bits per heavy atom. The maximum atomic E-state index is 7.25. The van der Waals surface area contributed by atoms with Gasteiger partial charge in [0.05, 0.1) is 22.9 Å². The van der Waals surface area contributed by atoms with Gasteiger partial charge in [0.25, 0.3) is 0 Å². The first-order chi connectivity index (χ1) is 23.1. The molecule has 2 heterocycles. The second kappa shape index (κ2) is 17.4. The number of rotatable bonds is 17. The summed E-state index contributed by atoms with van der Waals surface area (Å²) in [7, 11) is -6.25. The lowest BCUT2D eigenvalue weighted by molar-refractivity contribution is -0.142. The summed E-state index contributed by atoms with van der Waals surface area (Å²) >= 11 is 12.1. The number of halogens is 2. The van der Waals surface area contributed by atoms with E-state index in [1.165, 1.54) is 11.1 Å². The SMILES string of the molecule is CCC1CC(CC)(CC)O[Si](CCc2ccc(CCl)cc2)(OC(C)(C)CC(C)O[Si]2(CCc3ccc(CCl)cc3)OC(C)CC(C)(C)O2)O1. The van der Waals surface area contributed by atoms with Crippen molar-refractivity contribution in [3.05, 3.63) is 70.8 Å². The van der Waals surface area contributed by atoms with Crippen LogP contribution in [-0.4, -0.2) is 52.7 Å². The molecule has 6 nitrogen and oxygen atoms in total. The van der Waals surface area contributed by atoms with Gasteiger partial charge in [-0.25, -0.2) is 0 Å². The molecule has 0 aliphatic carbocycles. The van der Waals surface area contributed by atoms with E-state index in [9.17, 15) is 0 Å².